The molecule has 0 radical (unpaired) electrons. The van der Waals surface area contributed by atoms with Crippen LogP contribution in [0.15, 0.2) is 54.6 Å². The van der Waals surface area contributed by atoms with Crippen LogP contribution in [0.2, 0.25) is 0 Å². The summed E-state index contributed by atoms with van der Waals surface area (Å²) in [5.74, 6) is 0. The van der Waals surface area contributed by atoms with Crippen LogP contribution in [0.25, 0.3) is 6.08 Å². The molecule has 0 saturated carbocycles. The Hall–Kier alpha value is -1.000. The van der Waals surface area contributed by atoms with Crippen LogP contribution in [0.3, 0.4) is 0 Å². The van der Waals surface area contributed by atoms with Gasteiger partial charge in [0.2, 0.25) is 0 Å². The largest absolute Gasteiger partial charge is 0.0795 e. The molecule has 18 heavy (non-hydrogen) atoms. The highest BCUT2D eigenvalue weighted by Gasteiger charge is 1.96. The van der Waals surface area contributed by atoms with Gasteiger partial charge >= 0.3 is 0 Å². The van der Waals surface area contributed by atoms with Gasteiger partial charge in [-0.1, -0.05) is 60.3 Å². The van der Waals surface area contributed by atoms with Crippen LogP contribution >= 0.6 is 34.8 Å². The minimum absolute atomic E-state index is 0.869. The molecule has 0 spiro atoms. The Morgan fingerprint density at radius 3 is 2.50 bits per heavy atom. The van der Waals surface area contributed by atoms with E-state index < -0.39 is 0 Å². The molecule has 2 aromatic carbocycles. The molecule has 0 amide bonds. The summed E-state index contributed by atoms with van der Waals surface area (Å²) in [6, 6.07) is 16.6. The average Bonchev–Trinajstić information content (AvgIpc) is 2.37. The molecule has 0 aromatic heterocycles. The summed E-state index contributed by atoms with van der Waals surface area (Å²) >= 11 is 7.72. The van der Waals surface area contributed by atoms with Gasteiger partial charge in [0, 0.05) is 8.43 Å². The Balaban J connectivity index is 2.14. The molecule has 0 N–H and O–H groups in total. The molecule has 0 aliphatic carbocycles. The Morgan fingerprint density at radius 2 is 1.83 bits per heavy atom. The van der Waals surface area contributed by atoms with Gasteiger partial charge < -0.3 is 0 Å². The molecule has 2 rings (SSSR count). The van der Waals surface area contributed by atoms with Gasteiger partial charge in [-0.25, -0.2) is 0 Å². The first-order valence-electron chi connectivity index (χ1n) is 5.70. The van der Waals surface area contributed by atoms with Crippen LogP contribution in [-0.2, 0) is 0 Å². The van der Waals surface area contributed by atoms with E-state index >= 15 is 0 Å². The molecule has 0 aliphatic heterocycles. The number of benzene rings is 2. The van der Waals surface area contributed by atoms with E-state index in [2.05, 4.69) is 84.1 Å². The van der Waals surface area contributed by atoms with Crippen molar-refractivity contribution in [1.29, 1.82) is 0 Å². The van der Waals surface area contributed by atoms with Crippen molar-refractivity contribution < 1.29 is 0 Å². The predicted molar refractivity (Wildman–Crippen MR) is 91.1 cm³/mol. The minimum atomic E-state index is 0.869. The molecule has 0 unspecified atom stereocenters. The van der Waals surface area contributed by atoms with Crippen molar-refractivity contribution in [3.05, 3.63) is 74.9 Å². The molecule has 0 aliphatic rings. The van der Waals surface area contributed by atoms with Gasteiger partial charge in [0.05, 0.1) is 0 Å². The van der Waals surface area contributed by atoms with E-state index in [1.54, 1.807) is 0 Å². The van der Waals surface area contributed by atoms with Crippen LogP contribution in [-0.4, -0.2) is 4.86 Å². The van der Waals surface area contributed by atoms with Gasteiger partial charge in [0.25, 0.3) is 0 Å². The van der Waals surface area contributed by atoms with Gasteiger partial charge in [-0.3, -0.25) is 0 Å². The second-order valence-corrected chi connectivity index (χ2v) is 5.80. The van der Waals surface area contributed by atoms with E-state index in [0.29, 0.717) is 0 Å². The molecule has 90 valence electrons. The number of halogens is 1. The van der Waals surface area contributed by atoms with Gasteiger partial charge in [-0.05, 0) is 58.9 Å². The van der Waals surface area contributed by atoms with Crippen LogP contribution in [0.5, 0.6) is 0 Å². The van der Waals surface area contributed by atoms with Crippen LogP contribution in [0.4, 0.5) is 0 Å². The van der Waals surface area contributed by atoms with Gasteiger partial charge in [-0.2, -0.15) is 0 Å². The van der Waals surface area contributed by atoms with E-state index in [1.165, 1.54) is 14.7 Å². The lowest BCUT2D eigenvalue weighted by molar-refractivity contribution is 1.47. The quantitative estimate of drug-likeness (QED) is 0.319. The summed E-state index contributed by atoms with van der Waals surface area (Å²) < 4.78 is 1.23. The van der Waals surface area contributed by atoms with Crippen molar-refractivity contribution in [2.45, 2.75) is 6.92 Å². The molecular formula is C16H13IS. The Bertz CT molecular complexity index is 582. The highest BCUT2D eigenvalue weighted by atomic mass is 127. The fourth-order valence-electron chi connectivity index (χ4n) is 1.60. The van der Waals surface area contributed by atoms with Crippen molar-refractivity contribution in [2.24, 2.45) is 0 Å². The molecule has 2 aromatic rings. The zero-order chi connectivity index (χ0) is 13.0. The van der Waals surface area contributed by atoms with Crippen LogP contribution in [0.1, 0.15) is 16.7 Å². The van der Waals surface area contributed by atoms with Crippen LogP contribution < -0.4 is 0 Å². The lowest BCUT2D eigenvalue weighted by Gasteiger charge is -2.00. The fraction of sp³-hybridized carbons (Fsp3) is 0.0625. The summed E-state index contributed by atoms with van der Waals surface area (Å²) in [7, 11) is 0. The third-order valence-electron chi connectivity index (χ3n) is 2.61. The van der Waals surface area contributed by atoms with Gasteiger partial charge in [0.1, 0.15) is 0 Å². The van der Waals surface area contributed by atoms with Crippen LogP contribution in [0, 0.1) is 10.5 Å². The van der Waals surface area contributed by atoms with Crippen molar-refractivity contribution in [3.8, 4) is 0 Å². The summed E-state index contributed by atoms with van der Waals surface area (Å²) in [5, 5.41) is 0. The fourth-order valence-corrected chi connectivity index (χ4v) is 2.37. The maximum absolute atomic E-state index is 5.41. The van der Waals surface area contributed by atoms with E-state index in [9.17, 15) is 0 Å². The van der Waals surface area contributed by atoms with E-state index in [1.807, 2.05) is 6.08 Å². The normalized spacial score (nSPS) is 10.8. The first-order valence-corrected chi connectivity index (χ1v) is 7.18. The molecule has 0 saturated heterocycles. The van der Waals surface area contributed by atoms with Crippen molar-refractivity contribution in [2.75, 3.05) is 0 Å². The van der Waals surface area contributed by atoms with Crippen molar-refractivity contribution in [1.82, 2.24) is 0 Å². The molecular weight excluding hydrogens is 351 g/mol. The number of hydrogen-bond donors (Lipinski definition) is 0. The first-order chi connectivity index (χ1) is 8.65. The maximum atomic E-state index is 5.41. The summed E-state index contributed by atoms with van der Waals surface area (Å²) in [6.45, 7) is 2.08. The topological polar surface area (TPSA) is 0 Å². The molecule has 0 fully saturated rings. The zero-order valence-electron chi connectivity index (χ0n) is 10.1. The van der Waals surface area contributed by atoms with E-state index in [-0.39, 0.29) is 0 Å². The highest BCUT2D eigenvalue weighted by molar-refractivity contribution is 14.1. The Morgan fingerprint density at radius 1 is 1.11 bits per heavy atom. The number of allylic oxidation sites excluding steroid dienone is 1. The summed E-state index contributed by atoms with van der Waals surface area (Å²) in [6.07, 6.45) is 4.05. The first kappa shape index (κ1) is 13.4. The third kappa shape index (κ3) is 3.75. The van der Waals surface area contributed by atoms with Crippen molar-refractivity contribution in [3.63, 3.8) is 0 Å². The molecule has 2 heteroatoms. The number of aryl methyl sites for hydroxylation is 1. The van der Waals surface area contributed by atoms with Crippen molar-refractivity contribution >= 4 is 45.7 Å². The lowest BCUT2D eigenvalue weighted by atomic mass is 10.1. The SMILES string of the molecule is Cc1ccc(C(=S)C=Cc2cccc(I)c2)cc1. The molecule has 0 bridgehead atoms. The zero-order valence-corrected chi connectivity index (χ0v) is 13.0. The minimum Gasteiger partial charge on any atom is -0.0795 e. The number of hydrogen-bond acceptors (Lipinski definition) is 1. The highest BCUT2D eigenvalue weighted by Crippen LogP contribution is 2.11. The predicted octanol–water partition coefficient (Wildman–Crippen LogP) is 5.03. The Kier molecular flexibility index (Phi) is 4.66. The second-order valence-electron chi connectivity index (χ2n) is 4.12. The standard InChI is InChI=1S/C16H13IS/c1-12-5-8-14(9-6-12)16(18)10-7-13-3-2-4-15(17)11-13/h2-11H,1H3. The van der Waals surface area contributed by atoms with Gasteiger partial charge in [0.15, 0.2) is 0 Å². The maximum Gasteiger partial charge on any atom is 0.0449 e. The summed E-state index contributed by atoms with van der Waals surface area (Å²) in [5.41, 5.74) is 3.52. The lowest BCUT2D eigenvalue weighted by Crippen LogP contribution is -1.91. The molecule has 0 heterocycles. The molecule has 0 nitrogen and oxygen atoms in total. The smallest absolute Gasteiger partial charge is 0.0449 e. The Labute approximate surface area is 127 Å². The summed E-state index contributed by atoms with van der Waals surface area (Å²) in [4.78, 5) is 0.869. The number of rotatable bonds is 3. The number of thiocarbonyl (C=S) groups is 1. The van der Waals surface area contributed by atoms with E-state index in [0.717, 1.165) is 10.4 Å². The monoisotopic (exact) mass is 364 g/mol. The van der Waals surface area contributed by atoms with Gasteiger partial charge in [-0.15, -0.1) is 0 Å². The third-order valence-corrected chi connectivity index (χ3v) is 3.65. The molecule has 0 atom stereocenters. The second kappa shape index (κ2) is 6.25. The average molecular weight is 364 g/mol. The van der Waals surface area contributed by atoms with E-state index in [4.69, 9.17) is 12.2 Å².